The molecule has 1 heterocycles. The molecule has 0 spiro atoms. The van der Waals surface area contributed by atoms with Crippen molar-refractivity contribution in [3.05, 3.63) is 0 Å². The summed E-state index contributed by atoms with van der Waals surface area (Å²) in [6, 6.07) is 0. The minimum atomic E-state index is 0.923. The second kappa shape index (κ2) is 5.13. The topological polar surface area (TPSA) is 15.3 Å². The van der Waals surface area contributed by atoms with E-state index in [0.29, 0.717) is 0 Å². The first-order valence-electron chi connectivity index (χ1n) is 6.27. The number of nitrogens with one attached hydrogen (secondary N) is 1. The van der Waals surface area contributed by atoms with Gasteiger partial charge in [-0.2, -0.15) is 0 Å². The molecule has 0 aromatic heterocycles. The minimum absolute atomic E-state index is 0.923. The van der Waals surface area contributed by atoms with Gasteiger partial charge < -0.3 is 10.2 Å². The van der Waals surface area contributed by atoms with Gasteiger partial charge in [0.25, 0.3) is 0 Å². The Morgan fingerprint density at radius 3 is 2.86 bits per heavy atom. The van der Waals surface area contributed by atoms with Gasteiger partial charge in [0.15, 0.2) is 0 Å². The van der Waals surface area contributed by atoms with Crippen molar-refractivity contribution in [3.63, 3.8) is 0 Å². The lowest BCUT2D eigenvalue weighted by molar-refractivity contribution is 0.184. The van der Waals surface area contributed by atoms with E-state index in [4.69, 9.17) is 0 Å². The predicted molar refractivity (Wildman–Crippen MR) is 60.4 cm³/mol. The van der Waals surface area contributed by atoms with Crippen LogP contribution in [0.2, 0.25) is 0 Å². The summed E-state index contributed by atoms with van der Waals surface area (Å²) >= 11 is 0. The third-order valence-electron chi connectivity index (χ3n) is 3.48. The standard InChI is InChI=1S/C12H24N2/c1-11-3-2-7-14(10-11)8-6-13-9-12-4-5-12/h11-13H,2-10H2,1H3. The Morgan fingerprint density at radius 1 is 1.29 bits per heavy atom. The van der Waals surface area contributed by atoms with Crippen LogP contribution in [0.3, 0.4) is 0 Å². The van der Waals surface area contributed by atoms with Gasteiger partial charge in [0, 0.05) is 19.6 Å². The van der Waals surface area contributed by atoms with Crippen LogP contribution in [0.15, 0.2) is 0 Å². The average Bonchev–Trinajstić information content (AvgIpc) is 2.96. The number of hydrogen-bond acceptors (Lipinski definition) is 2. The van der Waals surface area contributed by atoms with Crippen LogP contribution in [0.5, 0.6) is 0 Å². The van der Waals surface area contributed by atoms with Gasteiger partial charge >= 0.3 is 0 Å². The van der Waals surface area contributed by atoms with E-state index < -0.39 is 0 Å². The molecule has 2 nitrogen and oxygen atoms in total. The van der Waals surface area contributed by atoms with Crippen molar-refractivity contribution in [2.45, 2.75) is 32.6 Å². The molecular formula is C12H24N2. The zero-order valence-electron chi connectivity index (χ0n) is 9.47. The summed E-state index contributed by atoms with van der Waals surface area (Å²) in [5.74, 6) is 1.95. The first kappa shape index (κ1) is 10.4. The number of likely N-dealkylation sites (tertiary alicyclic amines) is 1. The predicted octanol–water partition coefficient (Wildman–Crippen LogP) is 1.72. The molecular weight excluding hydrogens is 172 g/mol. The maximum atomic E-state index is 3.57. The highest BCUT2D eigenvalue weighted by atomic mass is 15.1. The SMILES string of the molecule is CC1CCCN(CCNCC2CC2)C1. The maximum absolute atomic E-state index is 3.57. The Bertz CT molecular complexity index is 166. The van der Waals surface area contributed by atoms with E-state index in [-0.39, 0.29) is 0 Å². The molecule has 1 atom stereocenters. The van der Waals surface area contributed by atoms with E-state index in [1.54, 1.807) is 0 Å². The van der Waals surface area contributed by atoms with E-state index in [2.05, 4.69) is 17.1 Å². The van der Waals surface area contributed by atoms with Crippen molar-refractivity contribution >= 4 is 0 Å². The third kappa shape index (κ3) is 3.58. The Morgan fingerprint density at radius 2 is 2.14 bits per heavy atom. The smallest absolute Gasteiger partial charge is 0.0107 e. The van der Waals surface area contributed by atoms with Gasteiger partial charge in [-0.05, 0) is 50.6 Å². The third-order valence-corrected chi connectivity index (χ3v) is 3.48. The van der Waals surface area contributed by atoms with Crippen molar-refractivity contribution < 1.29 is 0 Å². The molecule has 14 heavy (non-hydrogen) atoms. The molecule has 0 aromatic carbocycles. The highest BCUT2D eigenvalue weighted by molar-refractivity contribution is 4.76. The van der Waals surface area contributed by atoms with Crippen LogP contribution in [0, 0.1) is 11.8 Å². The van der Waals surface area contributed by atoms with Crippen LogP contribution in [0.25, 0.3) is 0 Å². The number of piperidine rings is 1. The summed E-state index contributed by atoms with van der Waals surface area (Å²) in [6.45, 7) is 8.76. The van der Waals surface area contributed by atoms with Gasteiger partial charge in [-0.1, -0.05) is 6.92 Å². The van der Waals surface area contributed by atoms with Crippen LogP contribution in [-0.2, 0) is 0 Å². The molecule has 1 unspecified atom stereocenters. The zero-order chi connectivity index (χ0) is 9.80. The lowest BCUT2D eigenvalue weighted by Gasteiger charge is -2.30. The fourth-order valence-corrected chi connectivity index (χ4v) is 2.36. The maximum Gasteiger partial charge on any atom is 0.0107 e. The molecule has 1 aliphatic heterocycles. The van der Waals surface area contributed by atoms with Crippen molar-refractivity contribution in [2.75, 3.05) is 32.7 Å². The highest BCUT2D eigenvalue weighted by Crippen LogP contribution is 2.27. The summed E-state index contributed by atoms with van der Waals surface area (Å²) < 4.78 is 0. The van der Waals surface area contributed by atoms with Crippen LogP contribution in [-0.4, -0.2) is 37.6 Å². The summed E-state index contributed by atoms with van der Waals surface area (Å²) in [6.07, 6.45) is 5.78. The van der Waals surface area contributed by atoms with Crippen LogP contribution >= 0.6 is 0 Å². The quantitative estimate of drug-likeness (QED) is 0.674. The first-order valence-corrected chi connectivity index (χ1v) is 6.27. The fourth-order valence-electron chi connectivity index (χ4n) is 2.36. The lowest BCUT2D eigenvalue weighted by Crippen LogP contribution is -2.39. The highest BCUT2D eigenvalue weighted by Gasteiger charge is 2.20. The first-order chi connectivity index (χ1) is 6.84. The molecule has 2 aliphatic rings. The van der Waals surface area contributed by atoms with Crippen LogP contribution in [0.1, 0.15) is 32.6 Å². The van der Waals surface area contributed by atoms with Gasteiger partial charge in [-0.3, -0.25) is 0 Å². The van der Waals surface area contributed by atoms with Crippen molar-refractivity contribution in [1.82, 2.24) is 10.2 Å². The minimum Gasteiger partial charge on any atom is -0.315 e. The molecule has 82 valence electrons. The van der Waals surface area contributed by atoms with E-state index in [1.807, 2.05) is 0 Å². The molecule has 2 rings (SSSR count). The molecule has 1 saturated heterocycles. The number of hydrogen-bond donors (Lipinski definition) is 1. The molecule has 2 fully saturated rings. The fraction of sp³-hybridized carbons (Fsp3) is 1.00. The lowest BCUT2D eigenvalue weighted by atomic mass is 10.0. The second-order valence-corrected chi connectivity index (χ2v) is 5.20. The van der Waals surface area contributed by atoms with Gasteiger partial charge in [0.2, 0.25) is 0 Å². The number of rotatable bonds is 5. The van der Waals surface area contributed by atoms with Gasteiger partial charge in [-0.15, -0.1) is 0 Å². The molecule has 0 radical (unpaired) electrons. The van der Waals surface area contributed by atoms with Crippen molar-refractivity contribution in [3.8, 4) is 0 Å². The molecule has 0 bridgehead atoms. The molecule has 1 aliphatic carbocycles. The van der Waals surface area contributed by atoms with Crippen molar-refractivity contribution in [2.24, 2.45) is 11.8 Å². The van der Waals surface area contributed by atoms with Crippen molar-refractivity contribution in [1.29, 1.82) is 0 Å². The Hall–Kier alpha value is -0.0800. The van der Waals surface area contributed by atoms with Gasteiger partial charge in [0.1, 0.15) is 0 Å². The second-order valence-electron chi connectivity index (χ2n) is 5.20. The van der Waals surface area contributed by atoms with Gasteiger partial charge in [0.05, 0.1) is 0 Å². The normalized spacial score (nSPS) is 29.4. The van der Waals surface area contributed by atoms with E-state index in [0.717, 1.165) is 11.8 Å². The summed E-state index contributed by atoms with van der Waals surface area (Å²) in [5, 5.41) is 3.57. The Kier molecular flexibility index (Phi) is 3.82. The molecule has 1 N–H and O–H groups in total. The molecule has 1 saturated carbocycles. The summed E-state index contributed by atoms with van der Waals surface area (Å²) in [4.78, 5) is 2.62. The van der Waals surface area contributed by atoms with Crippen LogP contribution < -0.4 is 5.32 Å². The van der Waals surface area contributed by atoms with Gasteiger partial charge in [-0.25, -0.2) is 0 Å². The summed E-state index contributed by atoms with van der Waals surface area (Å²) in [7, 11) is 0. The van der Waals surface area contributed by atoms with E-state index in [1.165, 1.54) is 58.4 Å². The molecule has 2 heteroatoms. The number of nitrogens with zero attached hydrogens (tertiary/aromatic N) is 1. The van der Waals surface area contributed by atoms with E-state index >= 15 is 0 Å². The van der Waals surface area contributed by atoms with Crippen LogP contribution in [0.4, 0.5) is 0 Å². The average molecular weight is 196 g/mol. The molecule has 0 aromatic rings. The largest absolute Gasteiger partial charge is 0.315 e. The monoisotopic (exact) mass is 196 g/mol. The zero-order valence-corrected chi connectivity index (χ0v) is 9.47. The molecule has 0 amide bonds. The Labute approximate surface area is 88.1 Å². The summed E-state index contributed by atoms with van der Waals surface area (Å²) in [5.41, 5.74) is 0. The Balaban J connectivity index is 1.50. The van der Waals surface area contributed by atoms with E-state index in [9.17, 15) is 0 Å².